The van der Waals surface area contributed by atoms with E-state index in [9.17, 15) is 0 Å². The lowest BCUT2D eigenvalue weighted by atomic mass is 9.98. The van der Waals surface area contributed by atoms with Gasteiger partial charge in [-0.05, 0) is 55.6 Å². The molecule has 0 amide bonds. The lowest BCUT2D eigenvalue weighted by molar-refractivity contribution is -0.742. The molecule has 1 fully saturated rings. The fraction of sp³-hybridized carbons (Fsp3) is 0.444. The topological polar surface area (TPSA) is 90.4 Å². The van der Waals surface area contributed by atoms with Gasteiger partial charge in [-0.25, -0.2) is 4.98 Å². The van der Waals surface area contributed by atoms with E-state index in [0.717, 1.165) is 18.4 Å². The van der Waals surface area contributed by atoms with Crippen LogP contribution in [0, 0.1) is 10.1 Å². The van der Waals surface area contributed by atoms with Gasteiger partial charge < -0.3 is 14.5 Å². The summed E-state index contributed by atoms with van der Waals surface area (Å²) < 4.78 is 8.63. The van der Waals surface area contributed by atoms with E-state index in [0.29, 0.717) is 21.0 Å². The molecule has 1 unspecified atom stereocenters. The molecule has 0 bridgehead atoms. The lowest BCUT2D eigenvalue weighted by Crippen LogP contribution is -2.19. The van der Waals surface area contributed by atoms with Crippen LogP contribution in [0.5, 0.6) is 0 Å². The summed E-state index contributed by atoms with van der Waals surface area (Å²) >= 11 is 19.5. The zero-order valence-electron chi connectivity index (χ0n) is 15.4. The Morgan fingerprint density at radius 2 is 2.10 bits per heavy atom. The molecule has 1 aromatic heterocycles. The third-order valence-electron chi connectivity index (χ3n) is 4.30. The number of nitrogens with zero attached hydrogens (tertiary/aromatic N) is 3. The van der Waals surface area contributed by atoms with Gasteiger partial charge in [0.1, 0.15) is 6.10 Å². The highest BCUT2D eigenvalue weighted by molar-refractivity contribution is 8.22. The summed E-state index contributed by atoms with van der Waals surface area (Å²) in [6.07, 6.45) is 11.7. The Labute approximate surface area is 188 Å². The van der Waals surface area contributed by atoms with Crippen molar-refractivity contribution in [1.29, 1.82) is 0 Å². The fourth-order valence-electron chi connectivity index (χ4n) is 3.01. The van der Waals surface area contributed by atoms with Crippen molar-refractivity contribution in [3.05, 3.63) is 62.6 Å². The molecule has 0 saturated heterocycles. The number of benzene rings is 1. The summed E-state index contributed by atoms with van der Waals surface area (Å²) in [6.45, 7) is 0.709. The minimum Gasteiger partial charge on any atom is -0.475 e. The second-order valence-electron chi connectivity index (χ2n) is 6.40. The quantitative estimate of drug-likeness (QED) is 0.323. The number of aromatic nitrogens is 2. The Bertz CT molecular complexity index is 798. The summed E-state index contributed by atoms with van der Waals surface area (Å²) in [5.74, 6) is 0. The fourth-order valence-corrected chi connectivity index (χ4v) is 5.10. The third-order valence-corrected chi connectivity index (χ3v) is 6.22. The predicted octanol–water partition coefficient (Wildman–Crippen LogP) is 5.95. The average molecular weight is 478 g/mol. The van der Waals surface area contributed by atoms with Crippen molar-refractivity contribution in [3.8, 4) is 0 Å². The molecule has 1 aromatic carbocycles. The van der Waals surface area contributed by atoms with Crippen LogP contribution in [0.4, 0.5) is 0 Å². The van der Waals surface area contributed by atoms with Crippen LogP contribution in [0.25, 0.3) is 0 Å². The van der Waals surface area contributed by atoms with Crippen molar-refractivity contribution in [3.63, 3.8) is 0 Å². The van der Waals surface area contributed by atoms with Gasteiger partial charge in [-0.2, -0.15) is 0 Å². The van der Waals surface area contributed by atoms with Crippen LogP contribution in [0.3, 0.4) is 0 Å². The maximum absolute atomic E-state index is 8.36. The minimum atomic E-state index is -1.50. The molecule has 0 aliphatic heterocycles. The molecule has 7 nitrogen and oxygen atoms in total. The van der Waals surface area contributed by atoms with Crippen molar-refractivity contribution in [2.45, 2.75) is 50.0 Å². The number of rotatable bonds is 5. The number of hydrogen-bond donors (Lipinski definition) is 1. The van der Waals surface area contributed by atoms with Crippen LogP contribution in [0.2, 0.25) is 10.0 Å². The van der Waals surface area contributed by atoms with Crippen LogP contribution >= 0.6 is 47.2 Å². The number of ether oxygens (including phenoxy) is 1. The van der Waals surface area contributed by atoms with Gasteiger partial charge in [0.2, 0.25) is 4.38 Å². The van der Waals surface area contributed by atoms with Crippen LogP contribution in [0.15, 0.2) is 36.9 Å². The predicted molar refractivity (Wildman–Crippen MR) is 118 cm³/mol. The average Bonchev–Trinajstić information content (AvgIpc) is 3.14. The Morgan fingerprint density at radius 1 is 1.41 bits per heavy atom. The standard InChI is InChI=1S/C18H20Cl2N2OS2.HNO3/c19-13-6-7-15(16(20)10-13)17(11-22-9-8-21-12-22)25-18(24)23-14-4-2-1-3-5-14;2-1(3)4/h6-10,12,14,17H,1-5,11H2;(H,2,3,4). The van der Waals surface area contributed by atoms with Gasteiger partial charge in [0.05, 0.1) is 11.6 Å². The smallest absolute Gasteiger partial charge is 0.291 e. The highest BCUT2D eigenvalue weighted by atomic mass is 35.5. The van der Waals surface area contributed by atoms with Gasteiger partial charge in [-0.1, -0.05) is 47.5 Å². The van der Waals surface area contributed by atoms with E-state index >= 15 is 0 Å². The Hall–Kier alpha value is -1.55. The van der Waals surface area contributed by atoms with E-state index in [4.69, 9.17) is 55.5 Å². The van der Waals surface area contributed by atoms with Crippen molar-refractivity contribution < 1.29 is 15.0 Å². The Morgan fingerprint density at radius 3 is 2.69 bits per heavy atom. The van der Waals surface area contributed by atoms with Gasteiger partial charge in [0.25, 0.3) is 5.09 Å². The highest BCUT2D eigenvalue weighted by Crippen LogP contribution is 2.38. The zero-order chi connectivity index (χ0) is 21.2. The molecular weight excluding hydrogens is 457 g/mol. The van der Waals surface area contributed by atoms with Gasteiger partial charge in [-0.3, -0.25) is 0 Å². The van der Waals surface area contributed by atoms with Gasteiger partial charge >= 0.3 is 0 Å². The number of thiocarbonyl (C=S) groups is 1. The molecule has 1 N–H and O–H groups in total. The first-order chi connectivity index (χ1) is 13.8. The van der Waals surface area contributed by atoms with Crippen LogP contribution in [-0.4, -0.2) is 30.3 Å². The largest absolute Gasteiger partial charge is 0.475 e. The number of hydrogen-bond acceptors (Lipinski definition) is 6. The first kappa shape index (κ1) is 23.7. The molecule has 1 aliphatic rings. The first-order valence-corrected chi connectivity index (χ1v) is 11.0. The number of halogens is 2. The molecule has 1 aliphatic carbocycles. The third kappa shape index (κ3) is 8.77. The summed E-state index contributed by atoms with van der Waals surface area (Å²) in [6, 6.07) is 5.59. The normalized spacial score (nSPS) is 15.1. The van der Waals surface area contributed by atoms with E-state index in [1.165, 1.54) is 19.3 Å². The molecule has 1 saturated carbocycles. The first-order valence-electron chi connectivity index (χ1n) is 8.96. The Kier molecular flexibility index (Phi) is 9.99. The second-order valence-corrected chi connectivity index (χ2v) is 9.05. The molecule has 29 heavy (non-hydrogen) atoms. The second kappa shape index (κ2) is 12.2. The number of thioether (sulfide) groups is 1. The van der Waals surface area contributed by atoms with Crippen molar-refractivity contribution in [2.24, 2.45) is 0 Å². The van der Waals surface area contributed by atoms with Gasteiger partial charge in [-0.15, -0.1) is 10.1 Å². The van der Waals surface area contributed by atoms with E-state index < -0.39 is 5.09 Å². The monoisotopic (exact) mass is 477 g/mol. The van der Waals surface area contributed by atoms with E-state index in [2.05, 4.69) is 4.98 Å². The molecule has 11 heteroatoms. The highest BCUT2D eigenvalue weighted by Gasteiger charge is 2.22. The maximum atomic E-state index is 8.36. The van der Waals surface area contributed by atoms with E-state index in [1.54, 1.807) is 30.4 Å². The van der Waals surface area contributed by atoms with E-state index in [1.807, 2.05) is 22.9 Å². The van der Waals surface area contributed by atoms with Gasteiger partial charge in [0.15, 0.2) is 0 Å². The molecule has 158 valence electrons. The summed E-state index contributed by atoms with van der Waals surface area (Å²) in [5, 5.41) is 14.9. The molecule has 0 radical (unpaired) electrons. The van der Waals surface area contributed by atoms with Crippen molar-refractivity contribution in [1.82, 2.24) is 9.55 Å². The SMILES string of the molecule is O=[N+]([O-])O.S=C(OC1CCCCC1)SC(Cn1ccnc1)c1ccc(Cl)cc1Cl. The molecule has 1 atom stereocenters. The number of imidazole rings is 1. The van der Waals surface area contributed by atoms with Crippen LogP contribution < -0.4 is 0 Å². The minimum absolute atomic E-state index is 0.0371. The zero-order valence-corrected chi connectivity index (χ0v) is 18.6. The molecule has 3 rings (SSSR count). The summed E-state index contributed by atoms with van der Waals surface area (Å²) in [4.78, 5) is 12.5. The van der Waals surface area contributed by atoms with Crippen LogP contribution in [0.1, 0.15) is 42.9 Å². The molecular formula is C18H21Cl2N3O4S2. The van der Waals surface area contributed by atoms with Crippen LogP contribution in [-0.2, 0) is 11.3 Å². The van der Waals surface area contributed by atoms with Gasteiger partial charge in [0, 0.05) is 29.0 Å². The summed E-state index contributed by atoms with van der Waals surface area (Å²) in [7, 11) is 0. The Balaban J connectivity index is 0.000000687. The van der Waals surface area contributed by atoms with Crippen molar-refractivity contribution in [2.75, 3.05) is 0 Å². The summed E-state index contributed by atoms with van der Waals surface area (Å²) in [5.41, 5.74) is 0.999. The lowest BCUT2D eigenvalue weighted by Gasteiger charge is -2.25. The van der Waals surface area contributed by atoms with E-state index in [-0.39, 0.29) is 11.4 Å². The van der Waals surface area contributed by atoms with Crippen molar-refractivity contribution >= 4 is 51.6 Å². The molecule has 2 aromatic rings. The molecule has 0 spiro atoms. The maximum Gasteiger partial charge on any atom is 0.291 e. The molecule has 1 heterocycles.